The molecule has 14 heavy (non-hydrogen) atoms. The first-order chi connectivity index (χ1) is 6.77. The molecule has 0 spiro atoms. The average Bonchev–Trinajstić information content (AvgIpc) is 2.23. The van der Waals surface area contributed by atoms with E-state index in [2.05, 4.69) is 9.97 Å². The maximum atomic E-state index is 12.7. The minimum absolute atomic E-state index is 0.185. The number of benzene rings is 1. The van der Waals surface area contributed by atoms with Gasteiger partial charge < -0.3 is 0 Å². The summed E-state index contributed by atoms with van der Waals surface area (Å²) >= 11 is 0. The molecule has 0 atom stereocenters. The summed E-state index contributed by atoms with van der Waals surface area (Å²) in [6.45, 7) is 0. The van der Waals surface area contributed by atoms with Crippen LogP contribution < -0.4 is 0 Å². The van der Waals surface area contributed by atoms with Crippen LogP contribution in [0, 0.1) is 11.8 Å². The van der Waals surface area contributed by atoms with Gasteiger partial charge in [-0.1, -0.05) is 30.3 Å². The number of halogens is 2. The number of hydrogen-bond acceptors (Lipinski definition) is 2. The van der Waals surface area contributed by atoms with Crippen molar-refractivity contribution >= 4 is 0 Å². The molecule has 0 fully saturated rings. The number of aromatic nitrogens is 2. The van der Waals surface area contributed by atoms with E-state index in [0.29, 0.717) is 5.56 Å². The summed E-state index contributed by atoms with van der Waals surface area (Å²) in [4.78, 5) is 7.07. The van der Waals surface area contributed by atoms with Crippen LogP contribution in [0.5, 0.6) is 0 Å². The Morgan fingerprint density at radius 2 is 1.71 bits per heavy atom. The third kappa shape index (κ3) is 1.59. The van der Waals surface area contributed by atoms with Gasteiger partial charge in [0.2, 0.25) is 0 Å². The Bertz CT molecular complexity index is 443. The van der Waals surface area contributed by atoms with Crippen molar-refractivity contribution in [3.05, 3.63) is 48.3 Å². The monoisotopic (exact) mass is 192 g/mol. The summed E-state index contributed by atoms with van der Waals surface area (Å²) in [5, 5.41) is 0. The molecule has 0 saturated carbocycles. The van der Waals surface area contributed by atoms with E-state index < -0.39 is 11.8 Å². The maximum Gasteiger partial charge on any atom is 0.252 e. The molecule has 0 N–H and O–H groups in total. The Balaban J connectivity index is 2.48. The van der Waals surface area contributed by atoms with Crippen LogP contribution in [0.25, 0.3) is 11.4 Å². The molecule has 1 aromatic carbocycles. The molecule has 2 nitrogen and oxygen atoms in total. The van der Waals surface area contributed by atoms with Crippen molar-refractivity contribution in [3.63, 3.8) is 0 Å². The molecule has 0 aliphatic rings. The Labute approximate surface area is 79.3 Å². The zero-order valence-corrected chi connectivity index (χ0v) is 7.11. The van der Waals surface area contributed by atoms with Crippen molar-refractivity contribution in [3.8, 4) is 11.4 Å². The minimum atomic E-state index is -1.13. The summed E-state index contributed by atoms with van der Waals surface area (Å²) in [7, 11) is 0. The Morgan fingerprint density at radius 3 is 2.36 bits per heavy atom. The first-order valence-corrected chi connectivity index (χ1v) is 4.01. The molecule has 70 valence electrons. The van der Waals surface area contributed by atoms with E-state index in [0.717, 1.165) is 6.20 Å². The van der Waals surface area contributed by atoms with Crippen LogP contribution in [0.15, 0.2) is 36.5 Å². The molecule has 0 amide bonds. The highest BCUT2D eigenvalue weighted by molar-refractivity contribution is 5.53. The Kier molecular flexibility index (Phi) is 2.18. The van der Waals surface area contributed by atoms with Crippen molar-refractivity contribution in [2.45, 2.75) is 0 Å². The highest BCUT2D eigenvalue weighted by Crippen LogP contribution is 2.14. The SMILES string of the molecule is Fc1cnc(-c2ccccc2)nc1F. The van der Waals surface area contributed by atoms with Crippen molar-refractivity contribution in [1.29, 1.82) is 0 Å². The summed E-state index contributed by atoms with van der Waals surface area (Å²) in [6, 6.07) is 8.84. The van der Waals surface area contributed by atoms with Gasteiger partial charge in [0.1, 0.15) is 0 Å². The van der Waals surface area contributed by atoms with Crippen LogP contribution in [0.2, 0.25) is 0 Å². The topological polar surface area (TPSA) is 25.8 Å². The molecule has 0 unspecified atom stereocenters. The van der Waals surface area contributed by atoms with Crippen LogP contribution in [0.1, 0.15) is 0 Å². The Morgan fingerprint density at radius 1 is 1.00 bits per heavy atom. The summed E-state index contributed by atoms with van der Waals surface area (Å²) in [6.07, 6.45) is 0.824. The standard InChI is InChI=1S/C10H6F2N2/c11-8-6-13-10(14-9(8)12)7-4-2-1-3-5-7/h1-6H. The van der Waals surface area contributed by atoms with Crippen LogP contribution in [-0.4, -0.2) is 9.97 Å². The van der Waals surface area contributed by atoms with Crippen LogP contribution >= 0.6 is 0 Å². The van der Waals surface area contributed by atoms with E-state index in [1.54, 1.807) is 24.3 Å². The van der Waals surface area contributed by atoms with Gasteiger partial charge >= 0.3 is 0 Å². The van der Waals surface area contributed by atoms with Crippen molar-refractivity contribution < 1.29 is 8.78 Å². The zero-order valence-electron chi connectivity index (χ0n) is 7.11. The largest absolute Gasteiger partial charge is 0.252 e. The molecule has 1 heterocycles. The lowest BCUT2D eigenvalue weighted by Crippen LogP contribution is -1.95. The minimum Gasteiger partial charge on any atom is -0.233 e. The summed E-state index contributed by atoms with van der Waals surface area (Å²) in [5.74, 6) is -1.98. The summed E-state index contributed by atoms with van der Waals surface area (Å²) < 4.78 is 25.3. The molecule has 0 radical (unpaired) electrons. The Hall–Kier alpha value is -1.84. The quantitative estimate of drug-likeness (QED) is 0.648. The van der Waals surface area contributed by atoms with Gasteiger partial charge in [-0.15, -0.1) is 0 Å². The lowest BCUT2D eigenvalue weighted by molar-refractivity contribution is 0.474. The number of rotatable bonds is 1. The fourth-order valence-electron chi connectivity index (χ4n) is 1.07. The van der Waals surface area contributed by atoms with E-state index in [-0.39, 0.29) is 5.82 Å². The van der Waals surface area contributed by atoms with Crippen LogP contribution in [0.3, 0.4) is 0 Å². The van der Waals surface area contributed by atoms with E-state index in [4.69, 9.17) is 0 Å². The van der Waals surface area contributed by atoms with E-state index in [9.17, 15) is 8.78 Å². The molecule has 0 bridgehead atoms. The normalized spacial score (nSPS) is 10.1. The predicted octanol–water partition coefficient (Wildman–Crippen LogP) is 2.42. The lowest BCUT2D eigenvalue weighted by atomic mass is 10.2. The van der Waals surface area contributed by atoms with Gasteiger partial charge in [-0.3, -0.25) is 0 Å². The van der Waals surface area contributed by atoms with Gasteiger partial charge in [-0.05, 0) is 0 Å². The fourth-order valence-corrected chi connectivity index (χ4v) is 1.07. The fraction of sp³-hybridized carbons (Fsp3) is 0. The highest BCUT2D eigenvalue weighted by atomic mass is 19.2. The maximum absolute atomic E-state index is 12.7. The van der Waals surface area contributed by atoms with Gasteiger partial charge in [-0.25, -0.2) is 9.37 Å². The molecule has 0 aliphatic carbocycles. The van der Waals surface area contributed by atoms with E-state index in [1.807, 2.05) is 6.07 Å². The van der Waals surface area contributed by atoms with Gasteiger partial charge in [0.15, 0.2) is 11.6 Å². The zero-order chi connectivity index (χ0) is 9.97. The molecular formula is C10H6F2N2. The second kappa shape index (κ2) is 3.49. The van der Waals surface area contributed by atoms with Gasteiger partial charge in [0.05, 0.1) is 6.20 Å². The van der Waals surface area contributed by atoms with Crippen LogP contribution in [-0.2, 0) is 0 Å². The highest BCUT2D eigenvalue weighted by Gasteiger charge is 2.06. The average molecular weight is 192 g/mol. The van der Waals surface area contributed by atoms with E-state index in [1.165, 1.54) is 0 Å². The smallest absolute Gasteiger partial charge is 0.233 e. The van der Waals surface area contributed by atoms with Crippen molar-refractivity contribution in [2.24, 2.45) is 0 Å². The molecule has 0 aliphatic heterocycles. The van der Waals surface area contributed by atoms with Gasteiger partial charge in [0.25, 0.3) is 5.95 Å². The summed E-state index contributed by atoms with van der Waals surface area (Å²) in [5.41, 5.74) is 0.659. The van der Waals surface area contributed by atoms with Crippen LogP contribution in [0.4, 0.5) is 8.78 Å². The van der Waals surface area contributed by atoms with E-state index >= 15 is 0 Å². The third-order valence-electron chi connectivity index (χ3n) is 1.73. The van der Waals surface area contributed by atoms with Crippen molar-refractivity contribution in [2.75, 3.05) is 0 Å². The third-order valence-corrected chi connectivity index (χ3v) is 1.73. The predicted molar refractivity (Wildman–Crippen MR) is 47.4 cm³/mol. The molecular weight excluding hydrogens is 186 g/mol. The first-order valence-electron chi connectivity index (χ1n) is 4.01. The first kappa shape index (κ1) is 8.74. The molecule has 2 rings (SSSR count). The molecule has 1 aromatic heterocycles. The molecule has 2 aromatic rings. The van der Waals surface area contributed by atoms with Gasteiger partial charge in [0, 0.05) is 5.56 Å². The van der Waals surface area contributed by atoms with Crippen molar-refractivity contribution in [1.82, 2.24) is 9.97 Å². The molecule has 0 saturated heterocycles. The lowest BCUT2D eigenvalue weighted by Gasteiger charge is -1.98. The second-order valence-electron chi connectivity index (χ2n) is 2.70. The molecule has 4 heteroatoms. The second-order valence-corrected chi connectivity index (χ2v) is 2.70. The number of nitrogens with zero attached hydrogens (tertiary/aromatic N) is 2. The van der Waals surface area contributed by atoms with Gasteiger partial charge in [-0.2, -0.15) is 9.37 Å². The number of hydrogen-bond donors (Lipinski definition) is 0.